The minimum atomic E-state index is -0.650. The van der Waals surface area contributed by atoms with E-state index in [0.717, 1.165) is 18.4 Å². The quantitative estimate of drug-likeness (QED) is 0.837. The number of amides is 1. The third-order valence-electron chi connectivity index (χ3n) is 3.18. The molecule has 1 aliphatic heterocycles. The fraction of sp³-hybridized carbons (Fsp3) is 0.462. The summed E-state index contributed by atoms with van der Waals surface area (Å²) in [6.07, 6.45) is 1.80. The van der Waals surface area contributed by atoms with E-state index in [1.807, 2.05) is 30.3 Å². The molecule has 0 aromatic heterocycles. The minimum absolute atomic E-state index is 0.0180. The van der Waals surface area contributed by atoms with Gasteiger partial charge >= 0.3 is 0 Å². The molecule has 2 atom stereocenters. The molecule has 1 amide bonds. The molecule has 92 valence electrons. The molecule has 0 saturated carbocycles. The summed E-state index contributed by atoms with van der Waals surface area (Å²) in [5, 5.41) is 8.55. The van der Waals surface area contributed by atoms with Crippen molar-refractivity contribution >= 4 is 17.5 Å². The Morgan fingerprint density at radius 1 is 1.47 bits per heavy atom. The van der Waals surface area contributed by atoms with Crippen LogP contribution in [0.25, 0.3) is 0 Å². The Balaban J connectivity index is 2.10. The lowest BCUT2D eigenvalue weighted by molar-refractivity contribution is -0.132. The van der Waals surface area contributed by atoms with Crippen molar-refractivity contribution in [3.05, 3.63) is 35.9 Å². The average molecular weight is 254 g/mol. The topological polar surface area (TPSA) is 40.5 Å². The fourth-order valence-corrected chi connectivity index (χ4v) is 2.50. The summed E-state index contributed by atoms with van der Waals surface area (Å²) in [7, 11) is 0. The highest BCUT2D eigenvalue weighted by molar-refractivity contribution is 6.30. The van der Waals surface area contributed by atoms with Gasteiger partial charge in [-0.1, -0.05) is 30.3 Å². The van der Waals surface area contributed by atoms with Crippen LogP contribution in [0.5, 0.6) is 0 Å². The normalized spacial score (nSPS) is 21.5. The van der Waals surface area contributed by atoms with Gasteiger partial charge in [0.1, 0.15) is 5.38 Å². The SMILES string of the molecule is O=C(C(Cl)c1ccccc1)N1CCCC1CO. The zero-order valence-corrected chi connectivity index (χ0v) is 10.3. The van der Waals surface area contributed by atoms with Crippen molar-refractivity contribution in [1.82, 2.24) is 4.90 Å². The van der Waals surface area contributed by atoms with Crippen molar-refractivity contribution in [1.29, 1.82) is 0 Å². The third-order valence-corrected chi connectivity index (χ3v) is 3.62. The van der Waals surface area contributed by atoms with E-state index in [1.54, 1.807) is 4.90 Å². The molecule has 1 fully saturated rings. The van der Waals surface area contributed by atoms with E-state index in [4.69, 9.17) is 11.6 Å². The maximum absolute atomic E-state index is 12.2. The molecule has 17 heavy (non-hydrogen) atoms. The minimum Gasteiger partial charge on any atom is -0.394 e. The van der Waals surface area contributed by atoms with Crippen molar-refractivity contribution in [3.8, 4) is 0 Å². The fourth-order valence-electron chi connectivity index (χ4n) is 2.23. The molecule has 1 aromatic rings. The van der Waals surface area contributed by atoms with Crippen LogP contribution in [0.2, 0.25) is 0 Å². The Bertz CT molecular complexity index is 382. The van der Waals surface area contributed by atoms with Crippen LogP contribution >= 0.6 is 11.6 Å². The Labute approximate surface area is 106 Å². The molecule has 1 saturated heterocycles. The van der Waals surface area contributed by atoms with Gasteiger partial charge in [0, 0.05) is 6.54 Å². The van der Waals surface area contributed by atoms with E-state index in [1.165, 1.54) is 0 Å². The Morgan fingerprint density at radius 3 is 2.82 bits per heavy atom. The van der Waals surface area contributed by atoms with Crippen molar-refractivity contribution in [2.75, 3.05) is 13.2 Å². The molecule has 0 spiro atoms. The summed E-state index contributed by atoms with van der Waals surface area (Å²) in [5.74, 6) is -0.102. The molecule has 1 N–H and O–H groups in total. The predicted molar refractivity (Wildman–Crippen MR) is 66.9 cm³/mol. The Morgan fingerprint density at radius 2 is 2.18 bits per heavy atom. The molecule has 2 rings (SSSR count). The van der Waals surface area contributed by atoms with Gasteiger partial charge in [0.25, 0.3) is 0 Å². The van der Waals surface area contributed by atoms with Gasteiger partial charge in [0.05, 0.1) is 12.6 Å². The zero-order chi connectivity index (χ0) is 12.3. The second-order valence-corrected chi connectivity index (χ2v) is 4.72. The number of hydrogen-bond acceptors (Lipinski definition) is 2. The summed E-state index contributed by atoms with van der Waals surface area (Å²) < 4.78 is 0. The second kappa shape index (κ2) is 5.52. The number of rotatable bonds is 3. The standard InChI is InChI=1S/C13H16ClNO2/c14-12(10-5-2-1-3-6-10)13(17)15-8-4-7-11(15)9-16/h1-3,5-6,11-12,16H,4,7-9H2. The highest BCUT2D eigenvalue weighted by Crippen LogP contribution is 2.27. The van der Waals surface area contributed by atoms with Crippen LogP contribution in [0.3, 0.4) is 0 Å². The molecular formula is C13H16ClNO2. The number of aliphatic hydroxyl groups excluding tert-OH is 1. The number of hydrogen-bond donors (Lipinski definition) is 1. The van der Waals surface area contributed by atoms with Gasteiger partial charge in [-0.3, -0.25) is 4.79 Å². The van der Waals surface area contributed by atoms with Crippen molar-refractivity contribution < 1.29 is 9.90 Å². The molecule has 1 aliphatic rings. The van der Waals surface area contributed by atoms with E-state index in [0.29, 0.717) is 6.54 Å². The molecule has 2 unspecified atom stereocenters. The number of halogens is 1. The molecule has 1 heterocycles. The van der Waals surface area contributed by atoms with Gasteiger partial charge in [-0.2, -0.15) is 0 Å². The Kier molecular flexibility index (Phi) is 4.02. The molecule has 4 heteroatoms. The first-order valence-electron chi connectivity index (χ1n) is 5.84. The maximum atomic E-state index is 12.2. The van der Waals surface area contributed by atoms with Gasteiger partial charge in [-0.25, -0.2) is 0 Å². The van der Waals surface area contributed by atoms with Gasteiger partial charge in [-0.15, -0.1) is 11.6 Å². The molecule has 3 nitrogen and oxygen atoms in total. The smallest absolute Gasteiger partial charge is 0.245 e. The summed E-state index contributed by atoms with van der Waals surface area (Å²) >= 11 is 6.19. The summed E-state index contributed by atoms with van der Waals surface area (Å²) in [6, 6.07) is 9.26. The van der Waals surface area contributed by atoms with E-state index < -0.39 is 5.38 Å². The maximum Gasteiger partial charge on any atom is 0.245 e. The van der Waals surface area contributed by atoms with Crippen LogP contribution in [0.1, 0.15) is 23.8 Å². The van der Waals surface area contributed by atoms with E-state index in [2.05, 4.69) is 0 Å². The van der Waals surface area contributed by atoms with Crippen LogP contribution in [0.15, 0.2) is 30.3 Å². The van der Waals surface area contributed by atoms with Gasteiger partial charge < -0.3 is 10.0 Å². The monoisotopic (exact) mass is 253 g/mol. The lowest BCUT2D eigenvalue weighted by Gasteiger charge is -2.25. The van der Waals surface area contributed by atoms with Crippen LogP contribution in [0, 0.1) is 0 Å². The number of nitrogens with zero attached hydrogens (tertiary/aromatic N) is 1. The number of likely N-dealkylation sites (tertiary alicyclic amines) is 1. The van der Waals surface area contributed by atoms with Gasteiger partial charge in [-0.05, 0) is 18.4 Å². The summed E-state index contributed by atoms with van der Waals surface area (Å²) in [5.41, 5.74) is 0.808. The van der Waals surface area contributed by atoms with Gasteiger partial charge in [0.15, 0.2) is 0 Å². The third kappa shape index (κ3) is 2.61. The number of alkyl halides is 1. The first kappa shape index (κ1) is 12.4. The van der Waals surface area contributed by atoms with Crippen LogP contribution in [-0.2, 0) is 4.79 Å². The predicted octanol–water partition coefficient (Wildman–Crippen LogP) is 1.95. The van der Waals surface area contributed by atoms with Crippen LogP contribution in [-0.4, -0.2) is 35.1 Å². The lowest BCUT2D eigenvalue weighted by atomic mass is 10.1. The summed E-state index contributed by atoms with van der Waals surface area (Å²) in [4.78, 5) is 13.9. The average Bonchev–Trinajstić information content (AvgIpc) is 2.86. The van der Waals surface area contributed by atoms with Gasteiger partial charge in [0.2, 0.25) is 5.91 Å². The molecule has 0 aliphatic carbocycles. The van der Waals surface area contributed by atoms with Crippen molar-refractivity contribution in [2.24, 2.45) is 0 Å². The van der Waals surface area contributed by atoms with Crippen molar-refractivity contribution in [3.63, 3.8) is 0 Å². The number of aliphatic hydroxyl groups is 1. The number of carbonyl (C=O) groups is 1. The molecular weight excluding hydrogens is 238 g/mol. The van der Waals surface area contributed by atoms with Crippen molar-refractivity contribution in [2.45, 2.75) is 24.3 Å². The lowest BCUT2D eigenvalue weighted by Crippen LogP contribution is -2.39. The first-order chi connectivity index (χ1) is 8.24. The largest absolute Gasteiger partial charge is 0.394 e. The second-order valence-electron chi connectivity index (χ2n) is 4.28. The number of carbonyl (C=O) groups excluding carboxylic acids is 1. The zero-order valence-electron chi connectivity index (χ0n) is 9.55. The number of benzene rings is 1. The van der Waals surface area contributed by atoms with E-state index in [9.17, 15) is 9.90 Å². The Hall–Kier alpha value is -1.06. The molecule has 0 radical (unpaired) electrons. The van der Waals surface area contributed by atoms with Crippen LogP contribution < -0.4 is 0 Å². The highest BCUT2D eigenvalue weighted by atomic mass is 35.5. The molecule has 1 aromatic carbocycles. The van der Waals surface area contributed by atoms with Crippen LogP contribution in [0.4, 0.5) is 0 Å². The highest BCUT2D eigenvalue weighted by Gasteiger charge is 2.32. The molecule has 0 bridgehead atoms. The summed E-state index contributed by atoms with van der Waals surface area (Å²) in [6.45, 7) is 0.713. The van der Waals surface area contributed by atoms with E-state index in [-0.39, 0.29) is 18.6 Å². The van der Waals surface area contributed by atoms with E-state index >= 15 is 0 Å². The first-order valence-corrected chi connectivity index (χ1v) is 6.28.